The molecule has 3 aliphatic rings. The molecule has 0 aromatic carbocycles. The predicted molar refractivity (Wildman–Crippen MR) is 102 cm³/mol. The van der Waals surface area contributed by atoms with Gasteiger partial charge >= 0.3 is 5.97 Å². The number of allylic oxidation sites excluding steroid dienone is 2. The normalized spacial score (nSPS) is 30.3. The van der Waals surface area contributed by atoms with E-state index >= 15 is 4.39 Å². The van der Waals surface area contributed by atoms with Crippen LogP contribution in [-0.4, -0.2) is 27.2 Å². The van der Waals surface area contributed by atoms with E-state index in [9.17, 15) is 4.79 Å². The van der Waals surface area contributed by atoms with Crippen LogP contribution in [0.3, 0.4) is 0 Å². The average molecular weight is 389 g/mol. The fourth-order valence-electron chi connectivity index (χ4n) is 3.95. The summed E-state index contributed by atoms with van der Waals surface area (Å²) in [5.74, 6) is -3.12. The maximum Gasteiger partial charge on any atom is 0.307 e. The number of aromatic nitrogens is 1. The van der Waals surface area contributed by atoms with Crippen LogP contribution in [0.4, 0.5) is 4.39 Å². The number of nitrogens with zero attached hydrogens (tertiary/aromatic N) is 1. The number of aliphatic carboxylic acids is 1. The minimum Gasteiger partial charge on any atom is -0.481 e. The van der Waals surface area contributed by atoms with E-state index in [1.54, 1.807) is 24.0 Å². The molecule has 4 nitrogen and oxygen atoms in total. The Labute approximate surface area is 162 Å². The highest BCUT2D eigenvalue weighted by Crippen LogP contribution is 2.48. The zero-order chi connectivity index (χ0) is 18.9. The molecule has 27 heavy (non-hydrogen) atoms. The van der Waals surface area contributed by atoms with Crippen LogP contribution in [0.1, 0.15) is 44.1 Å². The Bertz CT molecular complexity index is 774. The average Bonchev–Trinajstić information content (AvgIpc) is 3.31. The highest BCUT2D eigenvalue weighted by Gasteiger charge is 2.47. The molecule has 1 heterocycles. The molecule has 0 aliphatic heterocycles. The van der Waals surface area contributed by atoms with Crippen molar-refractivity contribution in [2.45, 2.75) is 61.3 Å². The molecule has 0 saturated heterocycles. The van der Waals surface area contributed by atoms with Gasteiger partial charge in [0.2, 0.25) is 5.85 Å². The van der Waals surface area contributed by atoms with Crippen LogP contribution in [0, 0.1) is 11.8 Å². The molecular formula is C21H24FNO3S. The van der Waals surface area contributed by atoms with Crippen molar-refractivity contribution in [3.63, 3.8) is 0 Å². The minimum absolute atomic E-state index is 0.0574. The largest absolute Gasteiger partial charge is 0.481 e. The molecule has 0 spiro atoms. The van der Waals surface area contributed by atoms with E-state index in [1.165, 1.54) is 31.8 Å². The molecule has 3 unspecified atom stereocenters. The smallest absolute Gasteiger partial charge is 0.307 e. The lowest BCUT2D eigenvalue weighted by Gasteiger charge is -2.26. The number of ether oxygens (including phenoxy) is 1. The molecule has 4 rings (SSSR count). The first-order chi connectivity index (χ1) is 13.0. The first-order valence-electron chi connectivity index (χ1n) is 9.58. The number of alkyl halides is 1. The van der Waals surface area contributed by atoms with E-state index in [-0.39, 0.29) is 24.9 Å². The van der Waals surface area contributed by atoms with E-state index in [0.717, 1.165) is 16.2 Å². The summed E-state index contributed by atoms with van der Waals surface area (Å²) in [5, 5.41) is 10.6. The second-order valence-corrected chi connectivity index (χ2v) is 8.92. The van der Waals surface area contributed by atoms with Gasteiger partial charge in [0.15, 0.2) is 0 Å². The molecule has 0 amide bonds. The van der Waals surface area contributed by atoms with Crippen LogP contribution in [0.25, 0.3) is 0 Å². The van der Waals surface area contributed by atoms with Crippen molar-refractivity contribution in [2.24, 2.45) is 11.8 Å². The second kappa shape index (κ2) is 7.76. The van der Waals surface area contributed by atoms with Crippen molar-refractivity contribution in [3.8, 4) is 0 Å². The quantitative estimate of drug-likeness (QED) is 0.718. The van der Waals surface area contributed by atoms with Gasteiger partial charge in [-0.2, -0.15) is 0 Å². The van der Waals surface area contributed by atoms with Crippen LogP contribution >= 0.6 is 11.8 Å². The minimum atomic E-state index is -1.89. The Hall–Kier alpha value is -1.66. The Kier molecular flexibility index (Phi) is 5.37. The maximum absolute atomic E-state index is 15.2. The van der Waals surface area contributed by atoms with Gasteiger partial charge in [-0.3, -0.25) is 4.79 Å². The highest BCUT2D eigenvalue weighted by molar-refractivity contribution is 7.99. The summed E-state index contributed by atoms with van der Waals surface area (Å²) in [6, 6.07) is 3.80. The van der Waals surface area contributed by atoms with Crippen molar-refractivity contribution in [1.82, 2.24) is 4.98 Å². The summed E-state index contributed by atoms with van der Waals surface area (Å²) in [4.78, 5) is 15.6. The molecule has 2 saturated carbocycles. The van der Waals surface area contributed by atoms with Gasteiger partial charge in [-0.25, -0.2) is 9.37 Å². The number of pyridine rings is 1. The third-order valence-corrected chi connectivity index (χ3v) is 6.98. The number of carboxylic acid groups (broad SMARTS) is 1. The van der Waals surface area contributed by atoms with Gasteiger partial charge in [0.1, 0.15) is 5.03 Å². The molecule has 2 fully saturated rings. The lowest BCUT2D eigenvalue weighted by molar-refractivity contribution is -0.139. The van der Waals surface area contributed by atoms with Gasteiger partial charge in [-0.1, -0.05) is 36.6 Å². The predicted octanol–water partition coefficient (Wildman–Crippen LogP) is 4.91. The van der Waals surface area contributed by atoms with Crippen molar-refractivity contribution in [1.29, 1.82) is 0 Å². The topological polar surface area (TPSA) is 59.4 Å². The number of thioether (sulfide) groups is 1. The highest BCUT2D eigenvalue weighted by atomic mass is 32.2. The van der Waals surface area contributed by atoms with E-state index < -0.39 is 11.8 Å². The van der Waals surface area contributed by atoms with E-state index in [4.69, 9.17) is 9.84 Å². The van der Waals surface area contributed by atoms with E-state index in [1.807, 2.05) is 18.2 Å². The van der Waals surface area contributed by atoms with Gasteiger partial charge in [-0.05, 0) is 37.3 Å². The fraction of sp³-hybridized carbons (Fsp3) is 0.524. The summed E-state index contributed by atoms with van der Waals surface area (Å²) in [5.41, 5.74) is 1.74. The lowest BCUT2D eigenvalue weighted by Crippen LogP contribution is -2.27. The Balaban J connectivity index is 1.38. The Morgan fingerprint density at radius 1 is 1.41 bits per heavy atom. The molecule has 1 aromatic rings. The van der Waals surface area contributed by atoms with Crippen LogP contribution in [-0.2, 0) is 16.1 Å². The Morgan fingerprint density at radius 2 is 2.22 bits per heavy atom. The first kappa shape index (κ1) is 18.7. The van der Waals surface area contributed by atoms with Crippen molar-refractivity contribution >= 4 is 17.7 Å². The lowest BCUT2D eigenvalue weighted by atomic mass is 9.96. The number of hydrogen-bond acceptors (Lipinski definition) is 4. The SMILES string of the molecule is O=C(O)C1CC1C1=CC=CC(F)(OCc2cccnc2SC2CCCC2)C1. The molecule has 0 radical (unpaired) electrons. The summed E-state index contributed by atoms with van der Waals surface area (Å²) in [6.45, 7) is 0.157. The third-order valence-electron chi connectivity index (χ3n) is 5.58. The first-order valence-corrected chi connectivity index (χ1v) is 10.5. The summed E-state index contributed by atoms with van der Waals surface area (Å²) < 4.78 is 20.9. The van der Waals surface area contributed by atoms with Gasteiger partial charge in [-0.15, -0.1) is 11.8 Å². The standard InChI is InChI=1S/C21H24FNO3S/c22-21(9-3-5-14(12-21)17-11-18(17)20(24)25)26-13-15-6-4-10-23-19(15)27-16-7-1-2-8-16/h3-6,9-10,16-18H,1-2,7-8,11-13H2,(H,24,25). The zero-order valence-corrected chi connectivity index (χ0v) is 16.0. The Morgan fingerprint density at radius 3 is 2.96 bits per heavy atom. The van der Waals surface area contributed by atoms with Crippen LogP contribution < -0.4 is 0 Å². The molecule has 1 N–H and O–H groups in total. The van der Waals surface area contributed by atoms with Gasteiger partial charge in [0.25, 0.3) is 0 Å². The van der Waals surface area contributed by atoms with Gasteiger partial charge in [0.05, 0.1) is 12.5 Å². The van der Waals surface area contributed by atoms with Crippen LogP contribution in [0.2, 0.25) is 0 Å². The number of carboxylic acids is 1. The molecule has 0 bridgehead atoms. The van der Waals surface area contributed by atoms with Crippen molar-refractivity contribution in [3.05, 3.63) is 47.7 Å². The summed E-state index contributed by atoms with van der Waals surface area (Å²) in [7, 11) is 0. The van der Waals surface area contributed by atoms with Gasteiger partial charge in [0, 0.05) is 23.4 Å². The van der Waals surface area contributed by atoms with E-state index in [2.05, 4.69) is 4.98 Å². The monoisotopic (exact) mass is 389 g/mol. The number of carbonyl (C=O) groups is 1. The fourth-order valence-corrected chi connectivity index (χ4v) is 5.23. The molecule has 3 atom stereocenters. The molecule has 144 valence electrons. The maximum atomic E-state index is 15.2. The zero-order valence-electron chi connectivity index (χ0n) is 15.1. The third kappa shape index (κ3) is 4.43. The van der Waals surface area contributed by atoms with Crippen LogP contribution in [0.5, 0.6) is 0 Å². The number of hydrogen-bond donors (Lipinski definition) is 1. The number of rotatable bonds is 7. The molecule has 1 aromatic heterocycles. The molecule has 6 heteroatoms. The summed E-state index contributed by atoms with van der Waals surface area (Å²) in [6.07, 6.45) is 12.3. The number of halogens is 1. The van der Waals surface area contributed by atoms with Crippen molar-refractivity contribution in [2.75, 3.05) is 0 Å². The summed E-state index contributed by atoms with van der Waals surface area (Å²) >= 11 is 1.77. The second-order valence-electron chi connectivity index (χ2n) is 7.63. The molecule has 3 aliphatic carbocycles. The van der Waals surface area contributed by atoms with Crippen LogP contribution in [0.15, 0.2) is 47.2 Å². The van der Waals surface area contributed by atoms with E-state index in [0.29, 0.717) is 11.7 Å². The van der Waals surface area contributed by atoms with Gasteiger partial charge < -0.3 is 9.84 Å². The molecular weight excluding hydrogens is 365 g/mol. The van der Waals surface area contributed by atoms with Crippen molar-refractivity contribution < 1.29 is 19.0 Å².